The molecule has 0 spiro atoms. The average Bonchev–Trinajstić information content (AvgIpc) is 2.48. The molecule has 0 unspecified atom stereocenters. The van der Waals surface area contributed by atoms with Crippen LogP contribution >= 0.6 is 0 Å². The molecule has 1 aromatic heterocycles. The smallest absolute Gasteiger partial charge is 0.272 e. The van der Waals surface area contributed by atoms with E-state index >= 15 is 0 Å². The third-order valence-corrected chi connectivity index (χ3v) is 3.14. The Balaban J connectivity index is 1.93. The minimum atomic E-state index is -0.499. The lowest BCUT2D eigenvalue weighted by atomic mass is 10.3. The number of halogens is 1. The van der Waals surface area contributed by atoms with Gasteiger partial charge >= 0.3 is 0 Å². The number of nitrogens with zero attached hydrogens (tertiary/aromatic N) is 3. The normalized spacial score (nSPS) is 15.0. The summed E-state index contributed by atoms with van der Waals surface area (Å²) in [5, 5.41) is 3.16. The van der Waals surface area contributed by atoms with Gasteiger partial charge in [-0.15, -0.1) is 0 Å². The van der Waals surface area contributed by atoms with Gasteiger partial charge < -0.3 is 15.1 Å². The molecule has 1 aliphatic heterocycles. The molecule has 2 amide bonds. The van der Waals surface area contributed by atoms with Crippen molar-refractivity contribution >= 4 is 11.8 Å². The molecule has 0 aliphatic carbocycles. The van der Waals surface area contributed by atoms with Crippen molar-refractivity contribution < 1.29 is 14.0 Å². The van der Waals surface area contributed by atoms with Crippen LogP contribution in [0.5, 0.6) is 0 Å². The Kier molecular flexibility index (Phi) is 4.62. The predicted octanol–water partition coefficient (Wildman–Crippen LogP) is -0.275. The number of hydrogen-bond donors (Lipinski definition) is 1. The molecule has 108 valence electrons. The summed E-state index contributed by atoms with van der Waals surface area (Å²) < 4.78 is 12.8. The zero-order valence-corrected chi connectivity index (χ0v) is 11.3. The molecule has 1 aliphatic rings. The molecular formula is C13H17FN4O2. The molecule has 0 atom stereocenters. The standard InChI is InChI=1S/C13H17FN4O2/c1-17(9-12(19)18-6-4-15-5-7-18)13(20)11-3-2-10(14)8-16-11/h2-3,8,15H,4-7,9H2,1H3. The third-order valence-electron chi connectivity index (χ3n) is 3.14. The summed E-state index contributed by atoms with van der Waals surface area (Å²) in [7, 11) is 1.54. The van der Waals surface area contributed by atoms with Crippen molar-refractivity contribution in [1.29, 1.82) is 0 Å². The highest BCUT2D eigenvalue weighted by molar-refractivity contribution is 5.94. The van der Waals surface area contributed by atoms with Gasteiger partial charge in [0.15, 0.2) is 0 Å². The summed E-state index contributed by atoms with van der Waals surface area (Å²) in [5.74, 6) is -0.987. The molecule has 7 heteroatoms. The van der Waals surface area contributed by atoms with Crippen molar-refractivity contribution in [3.8, 4) is 0 Å². The van der Waals surface area contributed by atoms with Gasteiger partial charge in [0, 0.05) is 33.2 Å². The van der Waals surface area contributed by atoms with E-state index in [9.17, 15) is 14.0 Å². The number of hydrogen-bond acceptors (Lipinski definition) is 4. The Bertz CT molecular complexity index is 486. The Morgan fingerprint density at radius 3 is 2.70 bits per heavy atom. The molecule has 6 nitrogen and oxygen atoms in total. The molecule has 20 heavy (non-hydrogen) atoms. The van der Waals surface area contributed by atoms with Crippen LogP contribution in [0.4, 0.5) is 4.39 Å². The van der Waals surface area contributed by atoms with Gasteiger partial charge in [-0.3, -0.25) is 9.59 Å². The molecule has 1 fully saturated rings. The number of rotatable bonds is 3. The third kappa shape index (κ3) is 3.51. The number of likely N-dealkylation sites (N-methyl/N-ethyl adjacent to an activating group) is 1. The maximum atomic E-state index is 12.8. The van der Waals surface area contributed by atoms with Gasteiger partial charge in [-0.25, -0.2) is 9.37 Å². The minimum Gasteiger partial charge on any atom is -0.339 e. The van der Waals surface area contributed by atoms with Gasteiger partial charge in [0.05, 0.1) is 12.7 Å². The maximum absolute atomic E-state index is 12.8. The number of carbonyl (C=O) groups is 2. The van der Waals surface area contributed by atoms with E-state index in [-0.39, 0.29) is 18.1 Å². The number of aromatic nitrogens is 1. The number of nitrogens with one attached hydrogen (secondary N) is 1. The van der Waals surface area contributed by atoms with Gasteiger partial charge in [-0.2, -0.15) is 0 Å². The summed E-state index contributed by atoms with van der Waals surface area (Å²) in [6.07, 6.45) is 0.985. The molecule has 1 N–H and O–H groups in total. The first-order valence-corrected chi connectivity index (χ1v) is 6.43. The van der Waals surface area contributed by atoms with Crippen molar-refractivity contribution in [2.75, 3.05) is 39.8 Å². The van der Waals surface area contributed by atoms with Gasteiger partial charge in [0.25, 0.3) is 5.91 Å². The quantitative estimate of drug-likeness (QED) is 0.827. The SMILES string of the molecule is CN(CC(=O)N1CCNCC1)C(=O)c1ccc(F)cn1. The van der Waals surface area contributed by atoms with Crippen LogP contribution < -0.4 is 5.32 Å². The van der Waals surface area contributed by atoms with Crippen molar-refractivity contribution in [2.24, 2.45) is 0 Å². The average molecular weight is 280 g/mol. The number of piperazine rings is 1. The van der Waals surface area contributed by atoms with Crippen LogP contribution in [0, 0.1) is 5.82 Å². The fourth-order valence-electron chi connectivity index (χ4n) is 1.99. The van der Waals surface area contributed by atoms with Crippen LogP contribution in [0.3, 0.4) is 0 Å². The number of carbonyl (C=O) groups excluding carboxylic acids is 2. The zero-order valence-electron chi connectivity index (χ0n) is 11.3. The molecule has 0 aromatic carbocycles. The van der Waals surface area contributed by atoms with Gasteiger partial charge in [-0.05, 0) is 12.1 Å². The lowest BCUT2D eigenvalue weighted by Gasteiger charge is -2.29. The van der Waals surface area contributed by atoms with E-state index in [0.717, 1.165) is 19.3 Å². The first-order valence-electron chi connectivity index (χ1n) is 6.43. The monoisotopic (exact) mass is 280 g/mol. The van der Waals surface area contributed by atoms with Crippen LogP contribution in [0.25, 0.3) is 0 Å². The second-order valence-electron chi connectivity index (χ2n) is 4.65. The lowest BCUT2D eigenvalue weighted by molar-refractivity contribution is -0.132. The molecule has 0 radical (unpaired) electrons. The molecule has 0 bridgehead atoms. The highest BCUT2D eigenvalue weighted by atomic mass is 19.1. The fraction of sp³-hybridized carbons (Fsp3) is 0.462. The van der Waals surface area contributed by atoms with E-state index in [1.54, 1.807) is 4.90 Å². The molecular weight excluding hydrogens is 263 g/mol. The van der Waals surface area contributed by atoms with Crippen molar-refractivity contribution in [2.45, 2.75) is 0 Å². The summed E-state index contributed by atoms with van der Waals surface area (Å²) in [6, 6.07) is 2.48. The van der Waals surface area contributed by atoms with E-state index in [0.29, 0.717) is 13.1 Å². The minimum absolute atomic E-state index is 0.00209. The summed E-state index contributed by atoms with van der Waals surface area (Å²) in [4.78, 5) is 30.8. The molecule has 1 saturated heterocycles. The van der Waals surface area contributed by atoms with E-state index in [2.05, 4.69) is 10.3 Å². The highest BCUT2D eigenvalue weighted by Gasteiger charge is 2.21. The van der Waals surface area contributed by atoms with E-state index in [1.165, 1.54) is 24.1 Å². The van der Waals surface area contributed by atoms with Gasteiger partial charge in [0.1, 0.15) is 11.5 Å². The maximum Gasteiger partial charge on any atom is 0.272 e. The van der Waals surface area contributed by atoms with Crippen LogP contribution in [0.1, 0.15) is 10.5 Å². The Hall–Kier alpha value is -2.02. The predicted molar refractivity (Wildman–Crippen MR) is 70.6 cm³/mol. The van der Waals surface area contributed by atoms with Crippen LogP contribution in [0.15, 0.2) is 18.3 Å². The van der Waals surface area contributed by atoms with Crippen molar-refractivity contribution in [3.63, 3.8) is 0 Å². The Morgan fingerprint density at radius 1 is 1.40 bits per heavy atom. The van der Waals surface area contributed by atoms with Crippen LogP contribution in [0.2, 0.25) is 0 Å². The second kappa shape index (κ2) is 6.42. The number of amides is 2. The van der Waals surface area contributed by atoms with E-state index in [4.69, 9.17) is 0 Å². The Labute approximate surface area is 116 Å². The fourth-order valence-corrected chi connectivity index (χ4v) is 1.99. The largest absolute Gasteiger partial charge is 0.339 e. The van der Waals surface area contributed by atoms with Crippen LogP contribution in [-0.2, 0) is 4.79 Å². The number of pyridine rings is 1. The molecule has 1 aromatic rings. The first kappa shape index (κ1) is 14.4. The summed E-state index contributed by atoms with van der Waals surface area (Å²) >= 11 is 0. The van der Waals surface area contributed by atoms with E-state index < -0.39 is 11.7 Å². The van der Waals surface area contributed by atoms with Gasteiger partial charge in [0.2, 0.25) is 5.91 Å². The first-order chi connectivity index (χ1) is 9.58. The van der Waals surface area contributed by atoms with Crippen molar-refractivity contribution in [3.05, 3.63) is 29.8 Å². The summed E-state index contributed by atoms with van der Waals surface area (Å²) in [6.45, 7) is 2.83. The summed E-state index contributed by atoms with van der Waals surface area (Å²) in [5.41, 5.74) is 0.127. The Morgan fingerprint density at radius 2 is 2.10 bits per heavy atom. The molecule has 0 saturated carbocycles. The van der Waals surface area contributed by atoms with Crippen LogP contribution in [-0.4, -0.2) is 66.4 Å². The highest BCUT2D eigenvalue weighted by Crippen LogP contribution is 2.03. The van der Waals surface area contributed by atoms with Crippen molar-refractivity contribution in [1.82, 2.24) is 20.1 Å². The van der Waals surface area contributed by atoms with Gasteiger partial charge in [-0.1, -0.05) is 0 Å². The zero-order chi connectivity index (χ0) is 14.5. The van der Waals surface area contributed by atoms with E-state index in [1.807, 2.05) is 0 Å². The second-order valence-corrected chi connectivity index (χ2v) is 4.65. The molecule has 2 heterocycles. The topological polar surface area (TPSA) is 65.5 Å². The molecule has 2 rings (SSSR count). The lowest BCUT2D eigenvalue weighted by Crippen LogP contribution is -2.49.